The number of hydrogen-bond donors (Lipinski definition) is 1. The summed E-state index contributed by atoms with van der Waals surface area (Å²) in [4.78, 5) is 20.4. The number of carbonyl (C=O) groups excluding carboxylic acids is 2. The van der Waals surface area contributed by atoms with E-state index in [-0.39, 0.29) is 18.7 Å². The van der Waals surface area contributed by atoms with E-state index in [0.717, 1.165) is 0 Å². The summed E-state index contributed by atoms with van der Waals surface area (Å²) in [6.07, 6.45) is 0.292. The van der Waals surface area contributed by atoms with E-state index in [1.807, 2.05) is 0 Å². The molecule has 3 nitrogen and oxygen atoms in total. The summed E-state index contributed by atoms with van der Waals surface area (Å²) in [6.45, 7) is 0. The molecule has 4 heteroatoms. The topological polar surface area (TPSA) is 46.2 Å². The molecule has 0 bridgehead atoms. The Kier molecular flexibility index (Phi) is 4.05. The molecule has 0 aromatic heterocycles. The predicted octanol–water partition coefficient (Wildman–Crippen LogP) is 0.278. The molecule has 0 spiro atoms. The predicted molar refractivity (Wildman–Crippen MR) is 34.2 cm³/mol. The van der Waals surface area contributed by atoms with Gasteiger partial charge in [0.2, 0.25) is 11.1 Å². The molecule has 0 atom stereocenters. The van der Waals surface area contributed by atoms with Crippen molar-refractivity contribution in [3.63, 3.8) is 0 Å². The van der Waals surface area contributed by atoms with E-state index in [0.29, 0.717) is 0 Å². The highest BCUT2D eigenvalue weighted by Crippen LogP contribution is 1.92. The Morgan fingerprint density at radius 1 is 1.44 bits per heavy atom. The maximum atomic E-state index is 10.4. The van der Waals surface area contributed by atoms with Gasteiger partial charge >= 0.3 is 0 Å². The van der Waals surface area contributed by atoms with Crippen molar-refractivity contribution in [3.8, 4) is 0 Å². The molecule has 0 radical (unpaired) electrons. The molecule has 0 rings (SSSR count). The molecule has 1 N–H and O–H groups in total. The van der Waals surface area contributed by atoms with Crippen molar-refractivity contribution in [1.82, 2.24) is 5.32 Å². The van der Waals surface area contributed by atoms with Crippen LogP contribution in [0.5, 0.6) is 0 Å². The second-order valence-corrected chi connectivity index (χ2v) is 1.95. The first-order chi connectivity index (χ1) is 4.16. The Morgan fingerprint density at radius 2 is 2.00 bits per heavy atom. The Balaban J connectivity index is 3.28. The minimum absolute atomic E-state index is 0.112. The van der Waals surface area contributed by atoms with Crippen LogP contribution >= 0.6 is 11.6 Å². The molecule has 0 aromatic rings. The van der Waals surface area contributed by atoms with Gasteiger partial charge in [-0.15, -0.1) is 0 Å². The molecule has 0 aliphatic heterocycles. The van der Waals surface area contributed by atoms with Crippen LogP contribution in [0, 0.1) is 0 Å². The highest BCUT2D eigenvalue weighted by molar-refractivity contribution is 6.63. The molecule has 0 saturated carbocycles. The van der Waals surface area contributed by atoms with Gasteiger partial charge in [-0.05, 0) is 11.6 Å². The molecule has 0 aromatic carbocycles. The van der Waals surface area contributed by atoms with Crippen LogP contribution in [0.2, 0.25) is 0 Å². The highest BCUT2D eigenvalue weighted by Gasteiger charge is 2.00. The lowest BCUT2D eigenvalue weighted by molar-refractivity contribution is -0.122. The van der Waals surface area contributed by atoms with Crippen LogP contribution in [0.1, 0.15) is 12.8 Å². The van der Waals surface area contributed by atoms with Crippen LogP contribution in [-0.2, 0) is 9.59 Å². The van der Waals surface area contributed by atoms with Crippen molar-refractivity contribution in [3.05, 3.63) is 0 Å². The Labute approximate surface area is 58.4 Å². The largest absolute Gasteiger partial charge is 0.359 e. The standard InChI is InChI=1S/C5H8ClNO2/c1-7-5(9)3-2-4(6)8/h2-3H2,1H3,(H,7,9). The third-order valence-electron chi connectivity index (χ3n) is 0.827. The molecule has 0 heterocycles. The summed E-state index contributed by atoms with van der Waals surface area (Å²) in [5, 5.41) is 1.90. The van der Waals surface area contributed by atoms with Gasteiger partial charge in [-0.3, -0.25) is 9.59 Å². The van der Waals surface area contributed by atoms with Gasteiger partial charge < -0.3 is 5.32 Å². The lowest BCUT2D eigenvalue weighted by Crippen LogP contribution is -2.17. The summed E-state index contributed by atoms with van der Waals surface area (Å²) >= 11 is 4.96. The zero-order valence-corrected chi connectivity index (χ0v) is 5.86. The number of hydrogen-bond acceptors (Lipinski definition) is 2. The SMILES string of the molecule is CNC(=O)CCC(=O)Cl. The van der Waals surface area contributed by atoms with Crippen molar-refractivity contribution in [1.29, 1.82) is 0 Å². The Morgan fingerprint density at radius 3 is 2.33 bits per heavy atom. The summed E-state index contributed by atoms with van der Waals surface area (Å²) in [7, 11) is 1.51. The second-order valence-electron chi connectivity index (χ2n) is 1.53. The normalized spacial score (nSPS) is 8.67. The van der Waals surface area contributed by atoms with Crippen molar-refractivity contribution in [2.24, 2.45) is 0 Å². The van der Waals surface area contributed by atoms with Crippen molar-refractivity contribution >= 4 is 22.8 Å². The molecular formula is C5H8ClNO2. The zero-order valence-electron chi connectivity index (χ0n) is 5.11. The summed E-state index contributed by atoms with van der Waals surface area (Å²) < 4.78 is 0. The van der Waals surface area contributed by atoms with E-state index >= 15 is 0 Å². The molecular weight excluding hydrogens is 142 g/mol. The van der Waals surface area contributed by atoms with E-state index in [9.17, 15) is 9.59 Å². The van der Waals surface area contributed by atoms with Gasteiger partial charge in [0.1, 0.15) is 0 Å². The quantitative estimate of drug-likeness (QED) is 0.586. The lowest BCUT2D eigenvalue weighted by Gasteiger charge is -1.93. The number of nitrogens with one attached hydrogen (secondary N) is 1. The van der Waals surface area contributed by atoms with Gasteiger partial charge in [0.15, 0.2) is 0 Å². The smallest absolute Gasteiger partial charge is 0.222 e. The maximum absolute atomic E-state index is 10.4. The van der Waals surface area contributed by atoms with E-state index in [4.69, 9.17) is 11.6 Å². The first-order valence-electron chi connectivity index (χ1n) is 2.55. The van der Waals surface area contributed by atoms with E-state index in [1.165, 1.54) is 7.05 Å². The Hall–Kier alpha value is -0.570. The molecule has 0 unspecified atom stereocenters. The minimum Gasteiger partial charge on any atom is -0.359 e. The van der Waals surface area contributed by atoms with Crippen molar-refractivity contribution in [2.45, 2.75) is 12.8 Å². The first kappa shape index (κ1) is 8.43. The van der Waals surface area contributed by atoms with Crippen molar-refractivity contribution < 1.29 is 9.59 Å². The van der Waals surface area contributed by atoms with E-state index in [1.54, 1.807) is 0 Å². The Bertz CT molecular complexity index is 124. The fourth-order valence-electron chi connectivity index (χ4n) is 0.337. The van der Waals surface area contributed by atoms with Crippen LogP contribution < -0.4 is 5.32 Å². The van der Waals surface area contributed by atoms with E-state index in [2.05, 4.69) is 5.32 Å². The molecule has 0 aliphatic rings. The molecule has 9 heavy (non-hydrogen) atoms. The molecule has 1 amide bonds. The van der Waals surface area contributed by atoms with E-state index < -0.39 is 5.24 Å². The van der Waals surface area contributed by atoms with Gasteiger partial charge in [0.05, 0.1) is 0 Å². The number of carbonyl (C=O) groups is 2. The monoisotopic (exact) mass is 149 g/mol. The first-order valence-corrected chi connectivity index (χ1v) is 2.93. The maximum Gasteiger partial charge on any atom is 0.222 e. The molecule has 0 saturated heterocycles. The van der Waals surface area contributed by atoms with Crippen LogP contribution in [0.4, 0.5) is 0 Å². The third kappa shape index (κ3) is 5.30. The van der Waals surface area contributed by atoms with Crippen LogP contribution in [0.25, 0.3) is 0 Å². The summed E-state index contributed by atoms with van der Waals surface area (Å²) in [5.74, 6) is -0.163. The van der Waals surface area contributed by atoms with Crippen LogP contribution in [0.3, 0.4) is 0 Å². The number of rotatable bonds is 3. The fraction of sp³-hybridized carbons (Fsp3) is 0.600. The molecule has 52 valence electrons. The average Bonchev–Trinajstić information content (AvgIpc) is 1.83. The van der Waals surface area contributed by atoms with Gasteiger partial charge in [0, 0.05) is 19.9 Å². The summed E-state index contributed by atoms with van der Waals surface area (Å²) in [5.41, 5.74) is 0. The molecule has 0 aliphatic carbocycles. The lowest BCUT2D eigenvalue weighted by atomic mass is 10.3. The third-order valence-corrected chi connectivity index (χ3v) is 1.02. The minimum atomic E-state index is -0.474. The molecule has 0 fully saturated rings. The van der Waals surface area contributed by atoms with Gasteiger partial charge in [-0.1, -0.05) is 0 Å². The fourth-order valence-corrected chi connectivity index (χ4v) is 0.431. The summed E-state index contributed by atoms with van der Waals surface area (Å²) in [6, 6.07) is 0. The highest BCUT2D eigenvalue weighted by atomic mass is 35.5. The number of amides is 1. The van der Waals surface area contributed by atoms with Gasteiger partial charge in [0.25, 0.3) is 0 Å². The van der Waals surface area contributed by atoms with Crippen molar-refractivity contribution in [2.75, 3.05) is 7.05 Å². The van der Waals surface area contributed by atoms with Crippen LogP contribution in [-0.4, -0.2) is 18.2 Å². The van der Waals surface area contributed by atoms with Gasteiger partial charge in [-0.25, -0.2) is 0 Å². The zero-order chi connectivity index (χ0) is 7.28. The van der Waals surface area contributed by atoms with Gasteiger partial charge in [-0.2, -0.15) is 0 Å². The second kappa shape index (κ2) is 4.32. The number of halogens is 1. The average molecular weight is 150 g/mol. The van der Waals surface area contributed by atoms with Crippen LogP contribution in [0.15, 0.2) is 0 Å².